The third kappa shape index (κ3) is 4.15. The molecule has 0 heterocycles. The number of nitro groups is 1. The standard InChI is InChI=1S/C15H11ClN2O3/c16-14(9-11-5-2-1-3-6-11)15(19)17-12-7-4-8-13(10-12)18(20)21/h1-10H,(H,17,19). The van der Waals surface area contributed by atoms with Crippen LogP contribution in [0.25, 0.3) is 6.08 Å². The topological polar surface area (TPSA) is 72.2 Å². The highest BCUT2D eigenvalue weighted by molar-refractivity contribution is 6.45. The smallest absolute Gasteiger partial charge is 0.271 e. The molecule has 21 heavy (non-hydrogen) atoms. The second-order valence-electron chi connectivity index (χ2n) is 4.16. The molecule has 6 heteroatoms. The lowest BCUT2D eigenvalue weighted by atomic mass is 10.2. The third-order valence-electron chi connectivity index (χ3n) is 2.62. The predicted molar refractivity (Wildman–Crippen MR) is 82.0 cm³/mol. The normalized spacial score (nSPS) is 11.0. The van der Waals surface area contributed by atoms with Crippen molar-refractivity contribution in [2.75, 3.05) is 5.32 Å². The molecule has 2 aromatic carbocycles. The molecular weight excluding hydrogens is 292 g/mol. The molecule has 0 saturated heterocycles. The van der Waals surface area contributed by atoms with Gasteiger partial charge in [0.1, 0.15) is 5.03 Å². The molecule has 0 aliphatic heterocycles. The number of carbonyl (C=O) groups excluding carboxylic acids is 1. The molecule has 0 saturated carbocycles. The van der Waals surface area contributed by atoms with Crippen LogP contribution in [-0.2, 0) is 4.79 Å². The minimum Gasteiger partial charge on any atom is -0.321 e. The molecule has 1 amide bonds. The van der Waals surface area contributed by atoms with E-state index < -0.39 is 10.8 Å². The molecule has 0 spiro atoms. The molecule has 0 unspecified atom stereocenters. The molecule has 0 aromatic heterocycles. The number of non-ortho nitro benzene ring substituents is 1. The van der Waals surface area contributed by atoms with Crippen molar-refractivity contribution in [3.8, 4) is 0 Å². The summed E-state index contributed by atoms with van der Waals surface area (Å²) in [5.41, 5.74) is 1.00. The minimum atomic E-state index is -0.531. The lowest BCUT2D eigenvalue weighted by molar-refractivity contribution is -0.384. The zero-order valence-electron chi connectivity index (χ0n) is 10.8. The molecule has 0 fully saturated rings. The fourth-order valence-corrected chi connectivity index (χ4v) is 1.82. The van der Waals surface area contributed by atoms with Crippen molar-refractivity contribution in [2.45, 2.75) is 0 Å². The van der Waals surface area contributed by atoms with E-state index in [1.807, 2.05) is 30.3 Å². The molecule has 0 aliphatic rings. The van der Waals surface area contributed by atoms with Gasteiger partial charge in [-0.3, -0.25) is 14.9 Å². The van der Waals surface area contributed by atoms with Crippen LogP contribution in [0.15, 0.2) is 59.6 Å². The lowest BCUT2D eigenvalue weighted by Crippen LogP contribution is -2.11. The Kier molecular flexibility index (Phi) is 4.68. The molecule has 0 aliphatic carbocycles. The van der Waals surface area contributed by atoms with Crippen LogP contribution in [0.1, 0.15) is 5.56 Å². The average Bonchev–Trinajstić information content (AvgIpc) is 2.48. The van der Waals surface area contributed by atoms with Crippen LogP contribution in [0.4, 0.5) is 11.4 Å². The molecule has 2 aromatic rings. The van der Waals surface area contributed by atoms with Gasteiger partial charge in [0, 0.05) is 17.8 Å². The van der Waals surface area contributed by atoms with Crippen molar-refractivity contribution in [1.82, 2.24) is 0 Å². The van der Waals surface area contributed by atoms with E-state index in [4.69, 9.17) is 11.6 Å². The van der Waals surface area contributed by atoms with E-state index >= 15 is 0 Å². The van der Waals surface area contributed by atoms with Crippen molar-refractivity contribution in [3.63, 3.8) is 0 Å². The van der Waals surface area contributed by atoms with Crippen LogP contribution in [0, 0.1) is 10.1 Å². The van der Waals surface area contributed by atoms with Crippen LogP contribution in [0.3, 0.4) is 0 Å². The van der Waals surface area contributed by atoms with Crippen molar-refractivity contribution < 1.29 is 9.72 Å². The second-order valence-corrected chi connectivity index (χ2v) is 4.57. The molecule has 106 valence electrons. The van der Waals surface area contributed by atoms with Crippen LogP contribution in [0.2, 0.25) is 0 Å². The zero-order valence-corrected chi connectivity index (χ0v) is 11.6. The highest BCUT2D eigenvalue weighted by atomic mass is 35.5. The van der Waals surface area contributed by atoms with Crippen LogP contribution >= 0.6 is 11.6 Å². The van der Waals surface area contributed by atoms with Gasteiger partial charge in [0.25, 0.3) is 11.6 Å². The summed E-state index contributed by atoms with van der Waals surface area (Å²) in [6.07, 6.45) is 1.52. The highest BCUT2D eigenvalue weighted by Crippen LogP contribution is 2.19. The van der Waals surface area contributed by atoms with Gasteiger partial charge in [-0.1, -0.05) is 48.0 Å². The summed E-state index contributed by atoms with van der Waals surface area (Å²) in [6, 6.07) is 14.8. The number of nitrogens with zero attached hydrogens (tertiary/aromatic N) is 1. The maximum absolute atomic E-state index is 11.9. The first kappa shape index (κ1) is 14.7. The van der Waals surface area contributed by atoms with E-state index in [0.29, 0.717) is 5.69 Å². The number of anilines is 1. The molecule has 1 N–H and O–H groups in total. The number of hydrogen-bond acceptors (Lipinski definition) is 3. The van der Waals surface area contributed by atoms with Crippen molar-refractivity contribution >= 4 is 35.0 Å². The van der Waals surface area contributed by atoms with Crippen molar-refractivity contribution in [1.29, 1.82) is 0 Å². The van der Waals surface area contributed by atoms with Crippen molar-refractivity contribution in [3.05, 3.63) is 75.3 Å². The van der Waals surface area contributed by atoms with Crippen LogP contribution < -0.4 is 5.32 Å². The molecule has 0 bridgehead atoms. The Morgan fingerprint density at radius 3 is 2.52 bits per heavy atom. The van der Waals surface area contributed by atoms with Crippen LogP contribution in [0.5, 0.6) is 0 Å². The minimum absolute atomic E-state index is 0.00675. The fourth-order valence-electron chi connectivity index (χ4n) is 1.65. The summed E-state index contributed by atoms with van der Waals surface area (Å²) in [5.74, 6) is -0.527. The molecule has 0 atom stereocenters. The van der Waals surface area contributed by atoms with E-state index in [2.05, 4.69) is 5.32 Å². The van der Waals surface area contributed by atoms with E-state index in [1.165, 1.54) is 24.3 Å². The number of nitro benzene ring substituents is 1. The number of hydrogen-bond donors (Lipinski definition) is 1. The van der Waals surface area contributed by atoms with Gasteiger partial charge in [0.2, 0.25) is 0 Å². The zero-order chi connectivity index (χ0) is 15.2. The quantitative estimate of drug-likeness (QED) is 0.530. The predicted octanol–water partition coefficient (Wildman–Crippen LogP) is 3.81. The van der Waals surface area contributed by atoms with Gasteiger partial charge in [0.05, 0.1) is 4.92 Å². The van der Waals surface area contributed by atoms with Gasteiger partial charge in [-0.25, -0.2) is 0 Å². The number of rotatable bonds is 4. The summed E-state index contributed by atoms with van der Waals surface area (Å²) >= 11 is 5.93. The third-order valence-corrected chi connectivity index (χ3v) is 2.91. The summed E-state index contributed by atoms with van der Waals surface area (Å²) in [5, 5.41) is 13.2. The number of amides is 1. The number of benzene rings is 2. The maximum Gasteiger partial charge on any atom is 0.271 e. The molecular formula is C15H11ClN2O3. The second kappa shape index (κ2) is 6.67. The first-order valence-corrected chi connectivity index (χ1v) is 6.42. The first-order valence-electron chi connectivity index (χ1n) is 6.04. The summed E-state index contributed by atoms with van der Waals surface area (Å²) in [6.45, 7) is 0. The first-order chi connectivity index (χ1) is 10.1. The molecule has 0 radical (unpaired) electrons. The fraction of sp³-hybridized carbons (Fsp3) is 0. The Bertz CT molecular complexity index is 699. The Labute approximate surface area is 126 Å². The Hall–Kier alpha value is -2.66. The Balaban J connectivity index is 2.12. The largest absolute Gasteiger partial charge is 0.321 e. The monoisotopic (exact) mass is 302 g/mol. The maximum atomic E-state index is 11.9. The van der Waals surface area contributed by atoms with E-state index in [0.717, 1.165) is 5.56 Å². The van der Waals surface area contributed by atoms with Gasteiger partial charge in [-0.15, -0.1) is 0 Å². The number of halogens is 1. The Morgan fingerprint density at radius 1 is 1.14 bits per heavy atom. The molecule has 5 nitrogen and oxygen atoms in total. The summed E-state index contributed by atoms with van der Waals surface area (Å²) in [7, 11) is 0. The van der Waals surface area contributed by atoms with Crippen LogP contribution in [-0.4, -0.2) is 10.8 Å². The summed E-state index contributed by atoms with van der Waals surface area (Å²) in [4.78, 5) is 22.1. The van der Waals surface area contributed by atoms with Crippen molar-refractivity contribution in [2.24, 2.45) is 0 Å². The number of carbonyl (C=O) groups is 1. The highest BCUT2D eigenvalue weighted by Gasteiger charge is 2.10. The van der Waals surface area contributed by atoms with Gasteiger partial charge >= 0.3 is 0 Å². The lowest BCUT2D eigenvalue weighted by Gasteiger charge is -2.04. The molecule has 2 rings (SSSR count). The van der Waals surface area contributed by atoms with E-state index in [9.17, 15) is 14.9 Å². The van der Waals surface area contributed by atoms with E-state index in [-0.39, 0.29) is 10.7 Å². The van der Waals surface area contributed by atoms with Gasteiger partial charge in [-0.05, 0) is 17.7 Å². The van der Waals surface area contributed by atoms with Gasteiger partial charge < -0.3 is 5.32 Å². The number of nitrogens with one attached hydrogen (secondary N) is 1. The Morgan fingerprint density at radius 2 is 1.86 bits per heavy atom. The summed E-state index contributed by atoms with van der Waals surface area (Å²) < 4.78 is 0. The van der Waals surface area contributed by atoms with E-state index in [1.54, 1.807) is 6.07 Å². The average molecular weight is 303 g/mol. The SMILES string of the molecule is O=C(Nc1cccc([N+](=O)[O-])c1)C(Cl)=Cc1ccccc1. The van der Waals surface area contributed by atoms with Gasteiger partial charge in [0.15, 0.2) is 0 Å². The van der Waals surface area contributed by atoms with Gasteiger partial charge in [-0.2, -0.15) is 0 Å².